The highest BCUT2D eigenvalue weighted by Gasteiger charge is 2.17. The van der Waals surface area contributed by atoms with E-state index in [1.807, 2.05) is 30.5 Å². The van der Waals surface area contributed by atoms with Gasteiger partial charge in [-0.1, -0.05) is 18.2 Å². The van der Waals surface area contributed by atoms with Crippen molar-refractivity contribution in [2.75, 3.05) is 6.61 Å². The summed E-state index contributed by atoms with van der Waals surface area (Å²) in [6, 6.07) is 14.2. The van der Waals surface area contributed by atoms with Gasteiger partial charge in [-0.3, -0.25) is 0 Å². The van der Waals surface area contributed by atoms with E-state index in [1.54, 1.807) is 12.1 Å². The van der Waals surface area contributed by atoms with E-state index < -0.39 is 5.97 Å². The van der Waals surface area contributed by atoms with Crippen molar-refractivity contribution in [3.05, 3.63) is 65.9 Å². The highest BCUT2D eigenvalue weighted by atomic mass is 16.6. The summed E-state index contributed by atoms with van der Waals surface area (Å²) in [6.07, 6.45) is 2.19. The lowest BCUT2D eigenvalue weighted by molar-refractivity contribution is 0.0448. The molecule has 0 spiro atoms. The Bertz CT molecular complexity index is 871. The molecule has 3 rings (SSSR count). The minimum absolute atomic E-state index is 0.225. The zero-order chi connectivity index (χ0) is 17.6. The van der Waals surface area contributed by atoms with Gasteiger partial charge in [0.25, 0.3) is 0 Å². The van der Waals surface area contributed by atoms with Gasteiger partial charge < -0.3 is 19.7 Å². The van der Waals surface area contributed by atoms with Crippen LogP contribution in [0.15, 0.2) is 59.9 Å². The van der Waals surface area contributed by atoms with E-state index in [4.69, 9.17) is 14.7 Å². The van der Waals surface area contributed by atoms with Crippen LogP contribution in [0.5, 0.6) is 5.75 Å². The smallest absolute Gasteiger partial charge is 0.335 e. The SMILES string of the molecule is C=NOC(CCOc1ccc(C(=O)O)cc1)c1c[nH]c2ccccc12. The molecule has 0 saturated heterocycles. The van der Waals surface area contributed by atoms with Gasteiger partial charge in [0.1, 0.15) is 5.75 Å². The third-order valence-corrected chi connectivity index (χ3v) is 3.92. The van der Waals surface area contributed by atoms with Crippen LogP contribution in [0.25, 0.3) is 10.9 Å². The van der Waals surface area contributed by atoms with Crippen LogP contribution in [0.4, 0.5) is 0 Å². The number of H-pyrrole nitrogens is 1. The fourth-order valence-electron chi connectivity index (χ4n) is 2.69. The lowest BCUT2D eigenvalue weighted by Crippen LogP contribution is -2.07. The third kappa shape index (κ3) is 3.80. The summed E-state index contributed by atoms with van der Waals surface area (Å²) in [5.74, 6) is -0.356. The number of carbonyl (C=O) groups is 1. The maximum absolute atomic E-state index is 10.8. The number of aromatic nitrogens is 1. The molecular formula is C19H18N2O4. The van der Waals surface area contributed by atoms with E-state index in [1.165, 1.54) is 12.1 Å². The second-order valence-electron chi connectivity index (χ2n) is 5.48. The summed E-state index contributed by atoms with van der Waals surface area (Å²) in [5, 5.41) is 13.5. The summed E-state index contributed by atoms with van der Waals surface area (Å²) in [6.45, 7) is 3.80. The normalized spacial score (nSPS) is 11.8. The van der Waals surface area contributed by atoms with Crippen LogP contribution in [0.2, 0.25) is 0 Å². The predicted octanol–water partition coefficient (Wildman–Crippen LogP) is 4.01. The van der Waals surface area contributed by atoms with Gasteiger partial charge in [0.2, 0.25) is 0 Å². The van der Waals surface area contributed by atoms with Crippen LogP contribution in [-0.2, 0) is 4.84 Å². The maximum atomic E-state index is 10.8. The molecule has 128 valence electrons. The van der Waals surface area contributed by atoms with Gasteiger partial charge in [0.05, 0.1) is 12.2 Å². The topological polar surface area (TPSA) is 83.9 Å². The first-order valence-corrected chi connectivity index (χ1v) is 7.83. The Morgan fingerprint density at radius 3 is 2.68 bits per heavy atom. The standard InChI is InChI=1S/C19H18N2O4/c1-20-25-18(16-12-21-17-5-3-2-4-15(16)17)10-11-24-14-8-6-13(7-9-14)19(22)23/h2-9,12,18,21H,1,10-11H2,(H,22,23). The number of benzene rings is 2. The number of para-hydroxylation sites is 1. The highest BCUT2D eigenvalue weighted by Crippen LogP contribution is 2.29. The van der Waals surface area contributed by atoms with Crippen molar-refractivity contribution < 1.29 is 19.5 Å². The molecule has 0 amide bonds. The second kappa shape index (κ2) is 7.53. The van der Waals surface area contributed by atoms with Gasteiger partial charge in [-0.2, -0.15) is 0 Å². The average molecular weight is 338 g/mol. The molecule has 25 heavy (non-hydrogen) atoms. The highest BCUT2D eigenvalue weighted by molar-refractivity contribution is 5.87. The zero-order valence-electron chi connectivity index (χ0n) is 13.5. The van der Waals surface area contributed by atoms with Crippen molar-refractivity contribution in [3.63, 3.8) is 0 Å². The predicted molar refractivity (Wildman–Crippen MR) is 95.2 cm³/mol. The minimum atomic E-state index is -0.962. The van der Waals surface area contributed by atoms with Gasteiger partial charge in [0, 0.05) is 35.8 Å². The first-order chi connectivity index (χ1) is 12.2. The van der Waals surface area contributed by atoms with Gasteiger partial charge in [0.15, 0.2) is 6.10 Å². The molecule has 0 aliphatic rings. The number of hydrogen-bond donors (Lipinski definition) is 2. The molecule has 6 nitrogen and oxygen atoms in total. The monoisotopic (exact) mass is 338 g/mol. The number of nitrogens with one attached hydrogen (secondary N) is 1. The first kappa shape index (κ1) is 16.6. The van der Waals surface area contributed by atoms with E-state index >= 15 is 0 Å². The molecule has 0 aliphatic heterocycles. The molecule has 1 atom stereocenters. The number of aromatic amines is 1. The van der Waals surface area contributed by atoms with Crippen molar-refractivity contribution in [3.8, 4) is 5.75 Å². The van der Waals surface area contributed by atoms with E-state index in [2.05, 4.69) is 16.9 Å². The van der Waals surface area contributed by atoms with Crippen molar-refractivity contribution >= 4 is 23.6 Å². The zero-order valence-corrected chi connectivity index (χ0v) is 13.5. The Morgan fingerprint density at radius 2 is 1.96 bits per heavy atom. The summed E-state index contributed by atoms with van der Waals surface area (Å²) in [7, 11) is 0. The van der Waals surface area contributed by atoms with Crippen LogP contribution < -0.4 is 4.74 Å². The molecule has 0 bridgehead atoms. The van der Waals surface area contributed by atoms with Crippen molar-refractivity contribution in [1.29, 1.82) is 0 Å². The number of rotatable bonds is 8. The Labute approximate surface area is 144 Å². The number of carboxylic acids is 1. The fraction of sp³-hybridized carbons (Fsp3) is 0.158. The van der Waals surface area contributed by atoms with Crippen molar-refractivity contribution in [1.82, 2.24) is 4.98 Å². The molecule has 0 aliphatic carbocycles. The Kier molecular flexibility index (Phi) is 4.99. The van der Waals surface area contributed by atoms with E-state index in [0.29, 0.717) is 18.8 Å². The quantitative estimate of drug-likeness (QED) is 0.480. The number of fused-ring (bicyclic) bond motifs is 1. The van der Waals surface area contributed by atoms with Crippen LogP contribution in [-0.4, -0.2) is 29.4 Å². The van der Waals surface area contributed by atoms with Crippen LogP contribution in [0.3, 0.4) is 0 Å². The molecule has 0 radical (unpaired) electrons. The minimum Gasteiger partial charge on any atom is -0.493 e. The molecule has 0 fully saturated rings. The Morgan fingerprint density at radius 1 is 1.20 bits per heavy atom. The van der Waals surface area contributed by atoms with Crippen LogP contribution in [0, 0.1) is 0 Å². The van der Waals surface area contributed by atoms with E-state index in [0.717, 1.165) is 16.5 Å². The number of ether oxygens (including phenoxy) is 1. The molecule has 6 heteroatoms. The molecule has 1 aromatic heterocycles. The molecule has 2 N–H and O–H groups in total. The second-order valence-corrected chi connectivity index (χ2v) is 5.48. The average Bonchev–Trinajstić information content (AvgIpc) is 3.05. The molecule has 1 unspecified atom stereocenters. The fourth-order valence-corrected chi connectivity index (χ4v) is 2.69. The largest absolute Gasteiger partial charge is 0.493 e. The third-order valence-electron chi connectivity index (χ3n) is 3.92. The summed E-state index contributed by atoms with van der Waals surface area (Å²) in [5.41, 5.74) is 2.25. The Balaban J connectivity index is 1.66. The molecule has 1 heterocycles. The number of carboxylic acid groups (broad SMARTS) is 1. The van der Waals surface area contributed by atoms with E-state index in [9.17, 15) is 4.79 Å². The summed E-state index contributed by atoms with van der Waals surface area (Å²) >= 11 is 0. The number of hydrogen-bond acceptors (Lipinski definition) is 4. The van der Waals surface area contributed by atoms with E-state index in [-0.39, 0.29) is 11.7 Å². The van der Waals surface area contributed by atoms with Crippen LogP contribution >= 0.6 is 0 Å². The van der Waals surface area contributed by atoms with Crippen molar-refractivity contribution in [2.24, 2.45) is 5.16 Å². The lowest BCUT2D eigenvalue weighted by Gasteiger charge is -2.15. The van der Waals surface area contributed by atoms with Gasteiger partial charge in [-0.05, 0) is 30.3 Å². The number of aromatic carboxylic acids is 1. The van der Waals surface area contributed by atoms with Gasteiger partial charge in [-0.25, -0.2) is 4.79 Å². The Hall–Kier alpha value is -3.28. The van der Waals surface area contributed by atoms with Crippen molar-refractivity contribution in [2.45, 2.75) is 12.5 Å². The molecule has 3 aromatic rings. The molecular weight excluding hydrogens is 320 g/mol. The number of oxime groups is 1. The summed E-state index contributed by atoms with van der Waals surface area (Å²) in [4.78, 5) is 19.5. The maximum Gasteiger partial charge on any atom is 0.335 e. The lowest BCUT2D eigenvalue weighted by atomic mass is 10.1. The van der Waals surface area contributed by atoms with Gasteiger partial charge in [-0.15, -0.1) is 5.16 Å². The molecule has 0 saturated carbocycles. The van der Waals surface area contributed by atoms with Crippen LogP contribution in [0.1, 0.15) is 28.4 Å². The first-order valence-electron chi connectivity index (χ1n) is 7.83. The summed E-state index contributed by atoms with van der Waals surface area (Å²) < 4.78 is 5.68. The van der Waals surface area contributed by atoms with Gasteiger partial charge >= 0.3 is 5.97 Å². The number of nitrogens with zero attached hydrogens (tertiary/aromatic N) is 1. The molecule has 2 aromatic carbocycles.